The largest absolute Gasteiger partial charge is 0.462 e. The van der Waals surface area contributed by atoms with Crippen LogP contribution in [0, 0.1) is 25.2 Å². The highest BCUT2D eigenvalue weighted by Crippen LogP contribution is 2.26. The van der Waals surface area contributed by atoms with Gasteiger partial charge in [0.1, 0.15) is 16.7 Å². The van der Waals surface area contributed by atoms with Crippen molar-refractivity contribution in [3.63, 3.8) is 0 Å². The SMILES string of the molecule is CCOC(=O)c1cc(C#N)c(SCc2cc(=O)n3cc(C)ccc3n2)nc1C. The summed E-state index contributed by atoms with van der Waals surface area (Å²) in [7, 11) is 0. The van der Waals surface area contributed by atoms with Crippen molar-refractivity contribution < 1.29 is 9.53 Å². The van der Waals surface area contributed by atoms with Gasteiger partial charge in [0.15, 0.2) is 0 Å². The van der Waals surface area contributed by atoms with Crippen LogP contribution in [0.25, 0.3) is 5.65 Å². The first-order valence-electron chi connectivity index (χ1n) is 8.63. The number of carbonyl (C=O) groups is 1. The van der Waals surface area contributed by atoms with Gasteiger partial charge in [-0.2, -0.15) is 5.26 Å². The molecule has 0 N–H and O–H groups in total. The van der Waals surface area contributed by atoms with Crippen molar-refractivity contribution in [2.75, 3.05) is 6.61 Å². The van der Waals surface area contributed by atoms with Crippen LogP contribution in [-0.4, -0.2) is 26.9 Å². The maximum atomic E-state index is 12.3. The maximum Gasteiger partial charge on any atom is 0.340 e. The fourth-order valence-corrected chi connectivity index (χ4v) is 3.56. The molecule has 0 aliphatic carbocycles. The Morgan fingerprint density at radius 1 is 1.29 bits per heavy atom. The molecule has 3 aromatic rings. The van der Waals surface area contributed by atoms with Gasteiger partial charge >= 0.3 is 5.97 Å². The number of rotatable bonds is 5. The van der Waals surface area contributed by atoms with Crippen LogP contribution in [0.5, 0.6) is 0 Å². The number of thioether (sulfide) groups is 1. The molecule has 3 aromatic heterocycles. The lowest BCUT2D eigenvalue weighted by Crippen LogP contribution is -2.15. The second-order valence-electron chi connectivity index (χ2n) is 6.12. The first-order chi connectivity index (χ1) is 13.4. The number of nitriles is 1. The number of aromatic nitrogens is 3. The molecule has 0 fully saturated rings. The van der Waals surface area contributed by atoms with Crippen LogP contribution in [-0.2, 0) is 10.5 Å². The summed E-state index contributed by atoms with van der Waals surface area (Å²) >= 11 is 1.30. The fourth-order valence-electron chi connectivity index (χ4n) is 2.66. The second-order valence-corrected chi connectivity index (χ2v) is 7.08. The first kappa shape index (κ1) is 19.6. The van der Waals surface area contributed by atoms with E-state index >= 15 is 0 Å². The van der Waals surface area contributed by atoms with Gasteiger partial charge in [-0.1, -0.05) is 17.8 Å². The molecule has 0 saturated heterocycles. The molecule has 28 heavy (non-hydrogen) atoms. The highest BCUT2D eigenvalue weighted by Gasteiger charge is 2.16. The van der Waals surface area contributed by atoms with Crippen LogP contribution in [0.3, 0.4) is 0 Å². The molecule has 0 radical (unpaired) electrons. The van der Waals surface area contributed by atoms with Gasteiger partial charge in [0.2, 0.25) is 0 Å². The Morgan fingerprint density at radius 2 is 2.07 bits per heavy atom. The molecule has 0 aliphatic heterocycles. The number of ether oxygens (including phenoxy) is 1. The third kappa shape index (κ3) is 4.05. The molecule has 0 aromatic carbocycles. The lowest BCUT2D eigenvalue weighted by Gasteiger charge is -2.09. The topological polar surface area (TPSA) is 97.3 Å². The third-order valence-corrected chi connectivity index (χ3v) is 5.04. The molecule has 0 atom stereocenters. The lowest BCUT2D eigenvalue weighted by molar-refractivity contribution is 0.0524. The van der Waals surface area contributed by atoms with Crippen molar-refractivity contribution in [1.29, 1.82) is 5.26 Å². The van der Waals surface area contributed by atoms with Crippen LogP contribution < -0.4 is 5.56 Å². The van der Waals surface area contributed by atoms with Gasteiger partial charge in [-0.15, -0.1) is 0 Å². The molecule has 0 saturated carbocycles. The number of nitrogens with zero attached hydrogens (tertiary/aromatic N) is 4. The first-order valence-corrected chi connectivity index (χ1v) is 9.62. The minimum atomic E-state index is -0.500. The van der Waals surface area contributed by atoms with E-state index in [-0.39, 0.29) is 23.3 Å². The summed E-state index contributed by atoms with van der Waals surface area (Å²) < 4.78 is 6.50. The summed E-state index contributed by atoms with van der Waals surface area (Å²) in [4.78, 5) is 33.2. The number of pyridine rings is 2. The summed E-state index contributed by atoms with van der Waals surface area (Å²) in [5.74, 6) is -0.125. The zero-order valence-corrected chi connectivity index (χ0v) is 16.5. The van der Waals surface area contributed by atoms with Crippen LogP contribution in [0.2, 0.25) is 0 Å². The number of fused-ring (bicyclic) bond motifs is 1. The molecule has 142 valence electrons. The minimum absolute atomic E-state index is 0.161. The van der Waals surface area contributed by atoms with E-state index in [1.807, 2.05) is 13.0 Å². The second kappa shape index (κ2) is 8.23. The van der Waals surface area contributed by atoms with Crippen molar-refractivity contribution in [3.8, 4) is 6.07 Å². The smallest absolute Gasteiger partial charge is 0.340 e. The van der Waals surface area contributed by atoms with Crippen molar-refractivity contribution in [2.45, 2.75) is 31.6 Å². The van der Waals surface area contributed by atoms with E-state index in [4.69, 9.17) is 4.74 Å². The third-order valence-electron chi connectivity index (χ3n) is 4.01. The van der Waals surface area contributed by atoms with Gasteiger partial charge in [-0.3, -0.25) is 9.20 Å². The van der Waals surface area contributed by atoms with Crippen LogP contribution in [0.15, 0.2) is 40.3 Å². The molecular weight excluding hydrogens is 376 g/mol. The van der Waals surface area contributed by atoms with Crippen molar-refractivity contribution in [3.05, 3.63) is 68.9 Å². The number of esters is 1. The molecule has 0 amide bonds. The summed E-state index contributed by atoms with van der Waals surface area (Å²) in [5, 5.41) is 9.91. The average molecular weight is 394 g/mol. The highest BCUT2D eigenvalue weighted by molar-refractivity contribution is 7.98. The van der Waals surface area contributed by atoms with Gasteiger partial charge in [-0.05, 0) is 38.5 Å². The molecule has 3 rings (SSSR count). The van der Waals surface area contributed by atoms with E-state index in [1.54, 1.807) is 26.1 Å². The van der Waals surface area contributed by atoms with E-state index in [9.17, 15) is 14.9 Å². The van der Waals surface area contributed by atoms with Crippen molar-refractivity contribution in [1.82, 2.24) is 14.4 Å². The quantitative estimate of drug-likeness (QED) is 0.484. The Bertz CT molecular complexity index is 1160. The van der Waals surface area contributed by atoms with Gasteiger partial charge in [0.25, 0.3) is 5.56 Å². The number of carbonyl (C=O) groups excluding carboxylic acids is 1. The normalized spacial score (nSPS) is 10.6. The van der Waals surface area contributed by atoms with Gasteiger partial charge in [0.05, 0.1) is 29.1 Å². The average Bonchev–Trinajstić information content (AvgIpc) is 2.67. The molecule has 0 unspecified atom stereocenters. The minimum Gasteiger partial charge on any atom is -0.462 e. The molecule has 3 heterocycles. The monoisotopic (exact) mass is 394 g/mol. The van der Waals surface area contributed by atoms with Gasteiger partial charge in [0, 0.05) is 18.0 Å². The Labute approximate surface area is 166 Å². The summed E-state index contributed by atoms with van der Waals surface area (Å²) in [6.45, 7) is 5.57. The van der Waals surface area contributed by atoms with Crippen LogP contribution in [0.1, 0.15) is 39.8 Å². The van der Waals surface area contributed by atoms with Crippen LogP contribution >= 0.6 is 11.8 Å². The number of hydrogen-bond donors (Lipinski definition) is 0. The van der Waals surface area contributed by atoms with Crippen LogP contribution in [0.4, 0.5) is 0 Å². The molecule has 0 spiro atoms. The molecule has 0 aliphatic rings. The predicted molar refractivity (Wildman–Crippen MR) is 105 cm³/mol. The summed E-state index contributed by atoms with van der Waals surface area (Å²) in [6.07, 6.45) is 1.74. The van der Waals surface area contributed by atoms with Gasteiger partial charge in [-0.25, -0.2) is 14.8 Å². The molecular formula is C20H18N4O3S. The van der Waals surface area contributed by atoms with E-state index in [0.717, 1.165) is 5.56 Å². The molecule has 0 bridgehead atoms. The number of hydrogen-bond acceptors (Lipinski definition) is 7. The standard InChI is InChI=1S/C20H18N4O3S/c1-4-27-20(26)16-7-14(9-21)19(22-13(16)3)28-11-15-8-18(25)24-10-12(2)5-6-17(24)23-15/h5-8,10H,4,11H2,1-3H3. The van der Waals surface area contributed by atoms with E-state index < -0.39 is 5.97 Å². The zero-order valence-electron chi connectivity index (χ0n) is 15.7. The zero-order chi connectivity index (χ0) is 20.3. The Morgan fingerprint density at radius 3 is 2.79 bits per heavy atom. The van der Waals surface area contributed by atoms with Crippen molar-refractivity contribution >= 4 is 23.4 Å². The molecule has 8 heteroatoms. The Balaban J connectivity index is 1.88. The van der Waals surface area contributed by atoms with E-state index in [0.29, 0.717) is 27.8 Å². The number of aryl methyl sites for hydroxylation is 2. The van der Waals surface area contributed by atoms with Crippen molar-refractivity contribution in [2.24, 2.45) is 0 Å². The predicted octanol–water partition coefficient (Wildman–Crippen LogP) is 3.05. The fraction of sp³-hybridized carbons (Fsp3) is 0.250. The summed E-state index contributed by atoms with van der Waals surface area (Å²) in [5.41, 5.74) is 3.02. The Kier molecular flexibility index (Phi) is 5.76. The Hall–Kier alpha value is -3.18. The maximum absolute atomic E-state index is 12.3. The van der Waals surface area contributed by atoms with Gasteiger partial charge < -0.3 is 4.74 Å². The lowest BCUT2D eigenvalue weighted by atomic mass is 10.1. The van der Waals surface area contributed by atoms with E-state index in [1.165, 1.54) is 28.3 Å². The van der Waals surface area contributed by atoms with E-state index in [2.05, 4.69) is 16.0 Å². The highest BCUT2D eigenvalue weighted by atomic mass is 32.2. The summed E-state index contributed by atoms with van der Waals surface area (Å²) in [6, 6.07) is 8.73. The molecule has 7 nitrogen and oxygen atoms in total.